The third-order valence-electron chi connectivity index (χ3n) is 4.13. The first-order chi connectivity index (χ1) is 13.2. The van der Waals surface area contributed by atoms with Crippen molar-refractivity contribution in [1.82, 2.24) is 5.32 Å². The van der Waals surface area contributed by atoms with Crippen LogP contribution < -0.4 is 10.1 Å². The molecule has 6 nitrogen and oxygen atoms in total. The molecular formula is C20H18N2O4S2. The van der Waals surface area contributed by atoms with Crippen LogP contribution in [0.1, 0.15) is 36.5 Å². The Balaban J connectivity index is 1.98. The summed E-state index contributed by atoms with van der Waals surface area (Å²) < 4.78 is 6.31. The van der Waals surface area contributed by atoms with Crippen LogP contribution in [0.15, 0.2) is 41.3 Å². The highest BCUT2D eigenvalue weighted by atomic mass is 32.2. The van der Waals surface area contributed by atoms with Gasteiger partial charge in [0.1, 0.15) is 10.1 Å². The molecule has 0 atom stereocenters. The smallest absolute Gasteiger partial charge is 0.312 e. The van der Waals surface area contributed by atoms with Crippen LogP contribution in [0, 0.1) is 17.0 Å². The summed E-state index contributed by atoms with van der Waals surface area (Å²) in [5.41, 5.74) is 2.33. The Bertz CT molecular complexity index is 1020. The molecule has 0 bridgehead atoms. The number of ether oxygens (including phenoxy) is 1. The Hall–Kier alpha value is -2.71. The number of nitrogens with one attached hydrogen (secondary N) is 1. The maximum atomic E-state index is 11.8. The number of hydrogen-bond donors (Lipinski definition) is 1. The third-order valence-corrected chi connectivity index (χ3v) is 5.29. The minimum absolute atomic E-state index is 0.152. The number of nitro groups is 1. The predicted molar refractivity (Wildman–Crippen MR) is 115 cm³/mol. The summed E-state index contributed by atoms with van der Waals surface area (Å²) in [6.07, 6.45) is 1.57. The highest BCUT2D eigenvalue weighted by Crippen LogP contribution is 2.37. The lowest BCUT2D eigenvalue weighted by Crippen LogP contribution is -2.17. The Kier molecular flexibility index (Phi) is 5.81. The summed E-state index contributed by atoms with van der Waals surface area (Å²) >= 11 is 6.08. The number of carbonyl (C=O) groups is 1. The summed E-state index contributed by atoms with van der Waals surface area (Å²) in [5, 5.41) is 14.1. The minimum Gasteiger partial charge on any atom is -0.450 e. The molecule has 0 aliphatic carbocycles. The molecule has 1 fully saturated rings. The van der Waals surface area contributed by atoms with E-state index >= 15 is 0 Å². The number of thiocarbonyl (C=S) groups is 1. The van der Waals surface area contributed by atoms with Crippen LogP contribution >= 0.6 is 24.0 Å². The highest BCUT2D eigenvalue weighted by molar-refractivity contribution is 8.26. The lowest BCUT2D eigenvalue weighted by molar-refractivity contribution is -0.385. The van der Waals surface area contributed by atoms with Crippen molar-refractivity contribution in [3.63, 3.8) is 0 Å². The molecule has 1 amide bonds. The Morgan fingerprint density at radius 1 is 1.21 bits per heavy atom. The van der Waals surface area contributed by atoms with Crippen molar-refractivity contribution in [3.05, 3.63) is 68.1 Å². The van der Waals surface area contributed by atoms with E-state index in [-0.39, 0.29) is 23.3 Å². The average Bonchev–Trinajstić information content (AvgIpc) is 2.93. The van der Waals surface area contributed by atoms with E-state index in [2.05, 4.69) is 5.32 Å². The number of nitrogens with zero attached hydrogens (tertiary/aromatic N) is 1. The van der Waals surface area contributed by atoms with Gasteiger partial charge < -0.3 is 10.1 Å². The molecule has 0 saturated carbocycles. The maximum Gasteiger partial charge on any atom is 0.312 e. The van der Waals surface area contributed by atoms with Crippen molar-refractivity contribution < 1.29 is 14.5 Å². The molecule has 1 aliphatic rings. The van der Waals surface area contributed by atoms with E-state index in [1.54, 1.807) is 18.2 Å². The number of amides is 1. The molecule has 2 aromatic rings. The fraction of sp³-hybridized carbons (Fsp3) is 0.200. The first-order valence-electron chi connectivity index (χ1n) is 8.56. The van der Waals surface area contributed by atoms with Crippen LogP contribution in [0.5, 0.6) is 11.5 Å². The zero-order valence-electron chi connectivity index (χ0n) is 15.5. The quantitative estimate of drug-likeness (QED) is 0.309. The number of nitro benzene ring substituents is 1. The zero-order valence-corrected chi connectivity index (χ0v) is 17.1. The minimum atomic E-state index is -0.491. The molecule has 2 aromatic carbocycles. The molecule has 0 aromatic heterocycles. The summed E-state index contributed by atoms with van der Waals surface area (Å²) in [7, 11) is 0. The van der Waals surface area contributed by atoms with Crippen LogP contribution in [0.2, 0.25) is 0 Å². The van der Waals surface area contributed by atoms with E-state index in [4.69, 9.17) is 17.0 Å². The molecule has 3 rings (SSSR count). The van der Waals surface area contributed by atoms with Gasteiger partial charge in [0.25, 0.3) is 5.91 Å². The fourth-order valence-electron chi connectivity index (χ4n) is 2.75. The lowest BCUT2D eigenvalue weighted by Gasteiger charge is -2.15. The average molecular weight is 415 g/mol. The molecule has 1 aliphatic heterocycles. The van der Waals surface area contributed by atoms with Crippen molar-refractivity contribution in [3.8, 4) is 11.5 Å². The molecule has 8 heteroatoms. The molecule has 1 heterocycles. The van der Waals surface area contributed by atoms with Gasteiger partial charge >= 0.3 is 5.69 Å². The molecule has 28 heavy (non-hydrogen) atoms. The van der Waals surface area contributed by atoms with Crippen molar-refractivity contribution in [1.29, 1.82) is 0 Å². The van der Waals surface area contributed by atoms with Crippen molar-refractivity contribution in [2.75, 3.05) is 0 Å². The summed E-state index contributed by atoms with van der Waals surface area (Å²) in [4.78, 5) is 23.3. The molecule has 0 spiro atoms. The van der Waals surface area contributed by atoms with E-state index in [1.165, 1.54) is 6.07 Å². The predicted octanol–water partition coefficient (Wildman–Crippen LogP) is 5.31. The molecular weight excluding hydrogens is 396 g/mol. The number of aryl methyl sites for hydroxylation is 1. The van der Waals surface area contributed by atoms with Crippen molar-refractivity contribution in [2.45, 2.75) is 26.7 Å². The number of benzene rings is 2. The molecule has 0 unspecified atom stereocenters. The van der Waals surface area contributed by atoms with Gasteiger partial charge in [-0.15, -0.1) is 0 Å². The van der Waals surface area contributed by atoms with Crippen molar-refractivity contribution in [2.24, 2.45) is 0 Å². The van der Waals surface area contributed by atoms with Gasteiger partial charge in [-0.05, 0) is 47.7 Å². The number of carbonyl (C=O) groups excluding carboxylic acids is 1. The highest BCUT2D eigenvalue weighted by Gasteiger charge is 2.23. The van der Waals surface area contributed by atoms with Gasteiger partial charge in [-0.2, -0.15) is 0 Å². The standard InChI is InChI=1S/C20H18N2O4S2/c1-11(2)14-6-4-12(3)8-17(14)26-16-7-5-13(9-15(16)22(24)25)10-18-19(23)21-20(27)28-18/h4-11H,1-3H3,(H,21,23,27)/b18-10-. The van der Waals surface area contributed by atoms with Crippen molar-refractivity contribution >= 4 is 46.0 Å². The first kappa shape index (κ1) is 20.0. The largest absolute Gasteiger partial charge is 0.450 e. The second kappa shape index (κ2) is 8.12. The van der Waals surface area contributed by atoms with Gasteiger partial charge in [-0.25, -0.2) is 0 Å². The fourth-order valence-corrected chi connectivity index (χ4v) is 3.80. The molecule has 0 radical (unpaired) electrons. The van der Waals surface area contributed by atoms with Gasteiger partial charge in [-0.1, -0.05) is 56.0 Å². The number of thioether (sulfide) groups is 1. The van der Waals surface area contributed by atoms with E-state index in [1.807, 2.05) is 39.0 Å². The summed E-state index contributed by atoms with van der Waals surface area (Å²) in [5.74, 6) is 0.652. The van der Waals surface area contributed by atoms with E-state index in [0.29, 0.717) is 20.5 Å². The van der Waals surface area contributed by atoms with Crippen LogP contribution in [0.4, 0.5) is 5.69 Å². The third kappa shape index (κ3) is 4.40. The Morgan fingerprint density at radius 3 is 2.57 bits per heavy atom. The monoisotopic (exact) mass is 414 g/mol. The lowest BCUT2D eigenvalue weighted by atomic mass is 10.0. The topological polar surface area (TPSA) is 81.5 Å². The zero-order chi connectivity index (χ0) is 20.4. The Morgan fingerprint density at radius 2 is 1.96 bits per heavy atom. The van der Waals surface area contributed by atoms with Gasteiger partial charge in [-0.3, -0.25) is 14.9 Å². The Labute approximate surface area is 172 Å². The van der Waals surface area contributed by atoms with Crippen LogP contribution in [-0.4, -0.2) is 15.2 Å². The normalized spacial score (nSPS) is 15.2. The van der Waals surface area contributed by atoms with E-state index in [9.17, 15) is 14.9 Å². The summed E-state index contributed by atoms with van der Waals surface area (Å²) in [6, 6.07) is 10.4. The van der Waals surface area contributed by atoms with Gasteiger partial charge in [0.05, 0.1) is 9.83 Å². The van der Waals surface area contributed by atoms with Crippen LogP contribution in [0.25, 0.3) is 6.08 Å². The van der Waals surface area contributed by atoms with Crippen LogP contribution in [0.3, 0.4) is 0 Å². The maximum absolute atomic E-state index is 11.8. The number of rotatable bonds is 5. The SMILES string of the molecule is Cc1ccc(C(C)C)c(Oc2ccc(/C=C3\SC(=S)NC3=O)cc2[N+](=O)[O-])c1. The van der Waals surface area contributed by atoms with Gasteiger partial charge in [0, 0.05) is 6.07 Å². The van der Waals surface area contributed by atoms with E-state index in [0.717, 1.165) is 22.9 Å². The number of hydrogen-bond acceptors (Lipinski definition) is 6. The van der Waals surface area contributed by atoms with Gasteiger partial charge in [0.2, 0.25) is 5.75 Å². The molecule has 1 N–H and O–H groups in total. The molecule has 1 saturated heterocycles. The molecule has 144 valence electrons. The second-order valence-electron chi connectivity index (χ2n) is 6.63. The second-order valence-corrected chi connectivity index (χ2v) is 8.35. The van der Waals surface area contributed by atoms with Crippen LogP contribution in [-0.2, 0) is 4.79 Å². The van der Waals surface area contributed by atoms with E-state index < -0.39 is 4.92 Å². The first-order valence-corrected chi connectivity index (χ1v) is 9.79. The summed E-state index contributed by atoms with van der Waals surface area (Å²) in [6.45, 7) is 6.02. The van der Waals surface area contributed by atoms with Gasteiger partial charge in [0.15, 0.2) is 0 Å².